The number of amides is 2. The lowest BCUT2D eigenvalue weighted by Crippen LogP contribution is -2.70. The molecule has 2 heterocycles. The molecule has 5 atom stereocenters. The van der Waals surface area contributed by atoms with Crippen molar-refractivity contribution in [1.82, 2.24) is 4.90 Å². The number of fused-ring (bicyclic) bond motifs is 1. The van der Waals surface area contributed by atoms with Gasteiger partial charge in [0.05, 0.1) is 0 Å². The van der Waals surface area contributed by atoms with Crippen LogP contribution in [0, 0.1) is 0 Å². The maximum absolute atomic E-state index is 12.1. The Balaban J connectivity index is 2.40. The third-order valence-electron chi connectivity index (χ3n) is 3.93. The van der Waals surface area contributed by atoms with E-state index >= 15 is 0 Å². The molecule has 0 aromatic heterocycles. The van der Waals surface area contributed by atoms with Crippen LogP contribution in [0.2, 0.25) is 0 Å². The maximum atomic E-state index is 12.1. The van der Waals surface area contributed by atoms with Crippen molar-refractivity contribution < 1.29 is 47.7 Å². The number of hydrogen-bond acceptors (Lipinski definition) is 10. The number of morpholine rings is 1. The monoisotopic (exact) mass is 387 g/mol. The van der Waals surface area contributed by atoms with Crippen LogP contribution in [0.5, 0.6) is 0 Å². The van der Waals surface area contributed by atoms with E-state index in [0.29, 0.717) is 0 Å². The van der Waals surface area contributed by atoms with E-state index in [9.17, 15) is 24.0 Å². The largest absolute Gasteiger partial charge is 0.463 e. The molecular weight excluding hydrogens is 366 g/mol. The maximum Gasteiger partial charge on any atom is 0.303 e. The molecule has 11 nitrogen and oxygen atoms in total. The molecule has 0 aromatic carbocycles. The normalized spacial score (nSPS) is 30.1. The van der Waals surface area contributed by atoms with Crippen LogP contribution in [-0.2, 0) is 47.7 Å². The van der Waals surface area contributed by atoms with Gasteiger partial charge in [-0.05, 0) is 0 Å². The molecule has 0 N–H and O–H groups in total. The lowest BCUT2D eigenvalue weighted by molar-refractivity contribution is -0.288. The summed E-state index contributed by atoms with van der Waals surface area (Å²) in [5, 5.41) is 0. The second-order valence-electron chi connectivity index (χ2n) is 6.07. The molecule has 0 aliphatic carbocycles. The average molecular weight is 387 g/mol. The van der Waals surface area contributed by atoms with E-state index in [1.54, 1.807) is 0 Å². The second kappa shape index (κ2) is 8.44. The third-order valence-corrected chi connectivity index (χ3v) is 3.93. The third kappa shape index (κ3) is 4.80. The van der Waals surface area contributed by atoms with Crippen molar-refractivity contribution in [3.8, 4) is 0 Å². The van der Waals surface area contributed by atoms with Gasteiger partial charge in [-0.3, -0.25) is 28.9 Å². The summed E-state index contributed by atoms with van der Waals surface area (Å²) in [7, 11) is 0. The number of carbonyl (C=O) groups excluding carboxylic acids is 5. The highest BCUT2D eigenvalue weighted by molar-refractivity contribution is 5.95. The summed E-state index contributed by atoms with van der Waals surface area (Å²) in [6, 6.07) is 0. The number of hydrogen-bond donors (Lipinski definition) is 0. The Kier molecular flexibility index (Phi) is 6.50. The van der Waals surface area contributed by atoms with Gasteiger partial charge in [-0.25, -0.2) is 0 Å². The molecule has 2 rings (SSSR count). The molecule has 0 saturated carbocycles. The first-order valence-electron chi connectivity index (χ1n) is 8.19. The molecule has 150 valence electrons. The van der Waals surface area contributed by atoms with E-state index in [4.69, 9.17) is 23.7 Å². The van der Waals surface area contributed by atoms with Crippen molar-refractivity contribution >= 4 is 29.7 Å². The van der Waals surface area contributed by atoms with Crippen LogP contribution in [0.25, 0.3) is 0 Å². The fourth-order valence-electron chi connectivity index (χ4n) is 3.01. The highest BCUT2D eigenvalue weighted by atomic mass is 16.7. The zero-order valence-corrected chi connectivity index (χ0v) is 15.3. The van der Waals surface area contributed by atoms with Crippen molar-refractivity contribution in [2.75, 3.05) is 13.2 Å². The van der Waals surface area contributed by atoms with Crippen LogP contribution >= 0.6 is 0 Å². The van der Waals surface area contributed by atoms with Crippen LogP contribution in [0.4, 0.5) is 0 Å². The van der Waals surface area contributed by atoms with Crippen molar-refractivity contribution in [3.63, 3.8) is 0 Å². The second-order valence-corrected chi connectivity index (χ2v) is 6.07. The highest BCUT2D eigenvalue weighted by Gasteiger charge is 2.56. The Labute approximate surface area is 154 Å². The summed E-state index contributed by atoms with van der Waals surface area (Å²) < 4.78 is 26.6. The SMILES string of the molecule is CC(=O)OC[C@H]1O[C@@H]2[C@H](OCC(=O)N2C(C)=O)[C@@H](OC(C)=O)[C@@H]1OC(C)=O. The molecule has 2 amide bonds. The topological polar surface area (TPSA) is 135 Å². The van der Waals surface area contributed by atoms with Crippen LogP contribution < -0.4 is 0 Å². The molecule has 2 aliphatic heterocycles. The van der Waals surface area contributed by atoms with Gasteiger partial charge >= 0.3 is 17.9 Å². The predicted molar refractivity (Wildman–Crippen MR) is 83.7 cm³/mol. The van der Waals surface area contributed by atoms with E-state index in [1.807, 2.05) is 0 Å². The molecule has 2 saturated heterocycles. The molecule has 0 unspecified atom stereocenters. The molecule has 2 fully saturated rings. The summed E-state index contributed by atoms with van der Waals surface area (Å²) in [5.74, 6) is -3.24. The minimum absolute atomic E-state index is 0.353. The summed E-state index contributed by atoms with van der Waals surface area (Å²) in [6.45, 7) is 3.84. The molecule has 0 radical (unpaired) electrons. The molecule has 0 bridgehead atoms. The Morgan fingerprint density at radius 1 is 1.00 bits per heavy atom. The fourth-order valence-corrected chi connectivity index (χ4v) is 3.01. The Morgan fingerprint density at radius 3 is 2.11 bits per heavy atom. The van der Waals surface area contributed by atoms with Gasteiger partial charge in [0.1, 0.15) is 25.4 Å². The lowest BCUT2D eigenvalue weighted by atomic mass is 9.95. The number of ether oxygens (including phenoxy) is 5. The minimum Gasteiger partial charge on any atom is -0.463 e. The lowest BCUT2D eigenvalue weighted by Gasteiger charge is -2.49. The summed E-state index contributed by atoms with van der Waals surface area (Å²) in [5.41, 5.74) is 0. The molecule has 0 aromatic rings. The molecule has 27 heavy (non-hydrogen) atoms. The van der Waals surface area contributed by atoms with E-state index < -0.39 is 67.0 Å². The number of esters is 3. The summed E-state index contributed by atoms with van der Waals surface area (Å²) >= 11 is 0. The van der Waals surface area contributed by atoms with E-state index in [0.717, 1.165) is 18.7 Å². The molecule has 11 heteroatoms. The number of carbonyl (C=O) groups is 5. The van der Waals surface area contributed by atoms with Gasteiger partial charge in [0.25, 0.3) is 5.91 Å². The first-order chi connectivity index (χ1) is 12.6. The standard InChI is InChI=1S/C16H21NO10/c1-7(18)17-12(22)6-24-15-14(26-10(4)21)13(25-9(3)20)11(27-16(15)17)5-23-8(2)19/h11,13-16H,5-6H2,1-4H3/t11-,13-,14+,15-,16-/m1/s1. The molecular formula is C16H21NO10. The van der Waals surface area contributed by atoms with E-state index in [2.05, 4.69) is 0 Å². The Hall–Kier alpha value is -2.53. The number of nitrogens with zero attached hydrogens (tertiary/aromatic N) is 1. The Bertz CT molecular complexity index is 647. The zero-order valence-electron chi connectivity index (χ0n) is 15.3. The predicted octanol–water partition coefficient (Wildman–Crippen LogP) is -1.09. The quantitative estimate of drug-likeness (QED) is 0.432. The zero-order chi connectivity index (χ0) is 20.3. The first kappa shape index (κ1) is 20.8. The van der Waals surface area contributed by atoms with Crippen LogP contribution in [0.3, 0.4) is 0 Å². The molecule has 0 spiro atoms. The smallest absolute Gasteiger partial charge is 0.303 e. The number of rotatable bonds is 4. The van der Waals surface area contributed by atoms with Gasteiger partial charge in [0.2, 0.25) is 5.91 Å². The van der Waals surface area contributed by atoms with Crippen LogP contribution in [-0.4, -0.2) is 78.5 Å². The van der Waals surface area contributed by atoms with E-state index in [-0.39, 0.29) is 6.61 Å². The number of imide groups is 1. The summed E-state index contributed by atoms with van der Waals surface area (Å²) in [4.78, 5) is 59.1. The van der Waals surface area contributed by atoms with Gasteiger partial charge in [-0.15, -0.1) is 0 Å². The Morgan fingerprint density at radius 2 is 1.59 bits per heavy atom. The van der Waals surface area contributed by atoms with Gasteiger partial charge < -0.3 is 23.7 Å². The fraction of sp³-hybridized carbons (Fsp3) is 0.688. The van der Waals surface area contributed by atoms with Gasteiger partial charge in [0.15, 0.2) is 18.4 Å². The minimum atomic E-state index is -1.24. The van der Waals surface area contributed by atoms with Crippen LogP contribution in [0.15, 0.2) is 0 Å². The molecule has 2 aliphatic rings. The van der Waals surface area contributed by atoms with Crippen molar-refractivity contribution in [1.29, 1.82) is 0 Å². The van der Waals surface area contributed by atoms with Gasteiger partial charge in [-0.2, -0.15) is 0 Å². The van der Waals surface area contributed by atoms with Crippen molar-refractivity contribution in [2.24, 2.45) is 0 Å². The van der Waals surface area contributed by atoms with Gasteiger partial charge in [0, 0.05) is 27.7 Å². The van der Waals surface area contributed by atoms with Crippen LogP contribution in [0.1, 0.15) is 27.7 Å². The van der Waals surface area contributed by atoms with Crippen molar-refractivity contribution in [2.45, 2.75) is 58.3 Å². The van der Waals surface area contributed by atoms with Crippen molar-refractivity contribution in [3.05, 3.63) is 0 Å². The highest BCUT2D eigenvalue weighted by Crippen LogP contribution is 2.33. The van der Waals surface area contributed by atoms with Gasteiger partial charge in [-0.1, -0.05) is 0 Å². The first-order valence-corrected chi connectivity index (χ1v) is 8.19. The summed E-state index contributed by atoms with van der Waals surface area (Å²) in [6.07, 6.45) is -5.76. The van der Waals surface area contributed by atoms with E-state index in [1.165, 1.54) is 13.8 Å². The average Bonchev–Trinajstić information content (AvgIpc) is 2.53.